The predicted octanol–water partition coefficient (Wildman–Crippen LogP) is 5.88. The van der Waals surface area contributed by atoms with E-state index in [0.717, 1.165) is 27.2 Å². The second kappa shape index (κ2) is 6.56. The molecule has 1 atom stereocenters. The van der Waals surface area contributed by atoms with Gasteiger partial charge in [0, 0.05) is 17.2 Å². The summed E-state index contributed by atoms with van der Waals surface area (Å²) in [5, 5.41) is 1.01. The zero-order chi connectivity index (χ0) is 16.5. The number of benzene rings is 2. The molecule has 0 unspecified atom stereocenters. The third-order valence-corrected chi connectivity index (χ3v) is 6.05. The Morgan fingerprint density at radius 1 is 1.00 bits per heavy atom. The van der Waals surface area contributed by atoms with Crippen molar-refractivity contribution in [3.05, 3.63) is 54.1 Å². The molecular formula is C21H22O2S. The molecular weight excluding hydrogens is 316 g/mol. The van der Waals surface area contributed by atoms with Crippen molar-refractivity contribution in [3.63, 3.8) is 0 Å². The smallest absolute Gasteiger partial charge is 0.151 e. The molecule has 0 amide bonds. The molecule has 0 aliphatic heterocycles. The normalized spacial score (nSPS) is 17.2. The first-order valence-corrected chi connectivity index (χ1v) is 10.2. The molecule has 24 heavy (non-hydrogen) atoms. The summed E-state index contributed by atoms with van der Waals surface area (Å²) in [7, 11) is -1.09. The van der Waals surface area contributed by atoms with Gasteiger partial charge in [-0.05, 0) is 36.5 Å². The minimum Gasteiger partial charge on any atom is -0.455 e. The Balaban J connectivity index is 1.86. The van der Waals surface area contributed by atoms with Gasteiger partial charge in [0.1, 0.15) is 5.58 Å². The van der Waals surface area contributed by atoms with E-state index in [4.69, 9.17) is 4.42 Å². The van der Waals surface area contributed by atoms with Crippen LogP contribution in [-0.2, 0) is 10.8 Å². The van der Waals surface area contributed by atoms with E-state index in [1.54, 1.807) is 6.26 Å². The zero-order valence-electron chi connectivity index (χ0n) is 14.0. The fraction of sp³-hybridized carbons (Fsp3) is 0.333. The van der Waals surface area contributed by atoms with E-state index in [-0.39, 0.29) is 0 Å². The van der Waals surface area contributed by atoms with Crippen molar-refractivity contribution in [1.29, 1.82) is 0 Å². The Kier molecular flexibility index (Phi) is 4.28. The molecule has 2 nitrogen and oxygen atoms in total. The molecule has 3 aromatic rings. The Morgan fingerprint density at radius 2 is 1.75 bits per heavy atom. The lowest BCUT2D eigenvalue weighted by Crippen LogP contribution is -2.04. The number of fused-ring (bicyclic) bond motifs is 1. The Hall–Kier alpha value is -1.87. The highest BCUT2D eigenvalue weighted by Crippen LogP contribution is 2.39. The first-order chi connectivity index (χ1) is 11.7. The SMILES string of the molecule is C[S@](=O)c1c(-c2ccccc2)oc2ccc(C3CCCCC3)cc12. The van der Waals surface area contributed by atoms with E-state index in [1.807, 2.05) is 30.3 Å². The minimum absolute atomic E-state index is 0.636. The van der Waals surface area contributed by atoms with E-state index in [1.165, 1.54) is 37.7 Å². The molecule has 1 aliphatic rings. The van der Waals surface area contributed by atoms with Gasteiger partial charge in [0.15, 0.2) is 5.76 Å². The molecule has 1 saturated carbocycles. The maximum Gasteiger partial charge on any atom is 0.151 e. The van der Waals surface area contributed by atoms with Gasteiger partial charge in [-0.2, -0.15) is 0 Å². The van der Waals surface area contributed by atoms with Crippen molar-refractivity contribution in [2.45, 2.75) is 42.9 Å². The fourth-order valence-electron chi connectivity index (χ4n) is 3.85. The van der Waals surface area contributed by atoms with Crippen LogP contribution in [0.2, 0.25) is 0 Å². The van der Waals surface area contributed by atoms with Crippen molar-refractivity contribution in [2.75, 3.05) is 6.26 Å². The first-order valence-electron chi connectivity index (χ1n) is 8.69. The fourth-order valence-corrected chi connectivity index (χ4v) is 4.74. The Morgan fingerprint density at radius 3 is 2.46 bits per heavy atom. The lowest BCUT2D eigenvalue weighted by Gasteiger charge is -2.21. The first kappa shape index (κ1) is 15.6. The van der Waals surface area contributed by atoms with E-state index >= 15 is 0 Å². The van der Waals surface area contributed by atoms with Crippen LogP contribution in [0.5, 0.6) is 0 Å². The van der Waals surface area contributed by atoms with Crippen molar-refractivity contribution >= 4 is 21.8 Å². The van der Waals surface area contributed by atoms with Gasteiger partial charge in [0.2, 0.25) is 0 Å². The van der Waals surface area contributed by atoms with Gasteiger partial charge in [-0.25, -0.2) is 0 Å². The van der Waals surface area contributed by atoms with E-state index in [0.29, 0.717) is 5.92 Å². The highest BCUT2D eigenvalue weighted by atomic mass is 32.2. The average Bonchev–Trinajstić information content (AvgIpc) is 3.02. The summed E-state index contributed by atoms with van der Waals surface area (Å²) in [5.74, 6) is 1.38. The molecule has 1 aliphatic carbocycles. The van der Waals surface area contributed by atoms with Crippen LogP contribution in [0.4, 0.5) is 0 Å². The summed E-state index contributed by atoms with van der Waals surface area (Å²) in [4.78, 5) is 0.828. The minimum atomic E-state index is -1.09. The van der Waals surface area contributed by atoms with E-state index < -0.39 is 10.8 Å². The number of furan rings is 1. The molecule has 0 bridgehead atoms. The molecule has 1 aromatic heterocycles. The summed E-state index contributed by atoms with van der Waals surface area (Å²) >= 11 is 0. The van der Waals surface area contributed by atoms with Crippen molar-refractivity contribution in [2.24, 2.45) is 0 Å². The van der Waals surface area contributed by atoms with Crippen LogP contribution in [0.25, 0.3) is 22.3 Å². The van der Waals surface area contributed by atoms with Gasteiger partial charge in [-0.3, -0.25) is 4.21 Å². The van der Waals surface area contributed by atoms with Gasteiger partial charge in [0.25, 0.3) is 0 Å². The quantitative estimate of drug-likeness (QED) is 0.596. The van der Waals surface area contributed by atoms with Crippen LogP contribution in [0, 0.1) is 0 Å². The maximum absolute atomic E-state index is 12.5. The number of hydrogen-bond donors (Lipinski definition) is 0. The molecule has 1 heterocycles. The van der Waals surface area contributed by atoms with E-state index in [2.05, 4.69) is 18.2 Å². The van der Waals surface area contributed by atoms with Crippen molar-refractivity contribution < 1.29 is 8.63 Å². The van der Waals surface area contributed by atoms with Crippen LogP contribution in [0.1, 0.15) is 43.6 Å². The summed E-state index contributed by atoms with van der Waals surface area (Å²) < 4.78 is 18.5. The highest BCUT2D eigenvalue weighted by Gasteiger charge is 2.21. The molecule has 0 spiro atoms. The third kappa shape index (κ3) is 2.82. The van der Waals surface area contributed by atoms with E-state index in [9.17, 15) is 4.21 Å². The zero-order valence-corrected chi connectivity index (χ0v) is 14.8. The monoisotopic (exact) mass is 338 g/mol. The average molecular weight is 338 g/mol. The van der Waals surface area contributed by atoms with Crippen LogP contribution in [-0.4, -0.2) is 10.5 Å². The van der Waals surface area contributed by atoms with Crippen molar-refractivity contribution in [1.82, 2.24) is 0 Å². The number of rotatable bonds is 3. The van der Waals surface area contributed by atoms with Gasteiger partial charge < -0.3 is 4.42 Å². The summed E-state index contributed by atoms with van der Waals surface area (Å²) in [5.41, 5.74) is 3.19. The van der Waals surface area contributed by atoms with Crippen molar-refractivity contribution in [3.8, 4) is 11.3 Å². The van der Waals surface area contributed by atoms with Gasteiger partial charge in [0.05, 0.1) is 15.7 Å². The third-order valence-electron chi connectivity index (χ3n) is 5.07. The summed E-state index contributed by atoms with van der Waals surface area (Å²) in [6.45, 7) is 0. The molecule has 0 saturated heterocycles. The standard InChI is InChI=1S/C21H22O2S/c1-24(22)21-18-14-17(15-8-4-2-5-9-15)12-13-19(18)23-20(21)16-10-6-3-7-11-16/h3,6-7,10-15H,2,4-5,8-9H2,1H3/t24-/m0/s1. The summed E-state index contributed by atoms with van der Waals surface area (Å²) in [6, 6.07) is 16.4. The second-order valence-electron chi connectivity index (χ2n) is 6.67. The molecule has 0 radical (unpaired) electrons. The van der Waals surface area contributed by atoms with Gasteiger partial charge in [-0.1, -0.05) is 55.7 Å². The lowest BCUT2D eigenvalue weighted by molar-refractivity contribution is 0.444. The maximum atomic E-state index is 12.5. The van der Waals surface area contributed by atoms with Gasteiger partial charge in [-0.15, -0.1) is 0 Å². The second-order valence-corrected chi connectivity index (χ2v) is 7.99. The number of hydrogen-bond acceptors (Lipinski definition) is 2. The topological polar surface area (TPSA) is 30.2 Å². The largest absolute Gasteiger partial charge is 0.455 e. The molecule has 1 fully saturated rings. The van der Waals surface area contributed by atoms with Crippen LogP contribution in [0.3, 0.4) is 0 Å². The molecule has 0 N–H and O–H groups in total. The molecule has 4 rings (SSSR count). The molecule has 2 aromatic carbocycles. The molecule has 124 valence electrons. The Bertz CT molecular complexity index is 873. The summed E-state index contributed by atoms with van der Waals surface area (Å²) in [6.07, 6.45) is 8.25. The van der Waals surface area contributed by atoms with Crippen LogP contribution in [0.15, 0.2) is 57.8 Å². The predicted molar refractivity (Wildman–Crippen MR) is 99.8 cm³/mol. The molecule has 3 heteroatoms. The highest BCUT2D eigenvalue weighted by molar-refractivity contribution is 7.84. The van der Waals surface area contributed by atoms with Crippen LogP contribution >= 0.6 is 0 Å². The Labute approximate surface area is 145 Å². The van der Waals surface area contributed by atoms with Crippen LogP contribution < -0.4 is 0 Å². The lowest BCUT2D eigenvalue weighted by atomic mass is 9.84. The van der Waals surface area contributed by atoms with Gasteiger partial charge >= 0.3 is 0 Å².